The lowest BCUT2D eigenvalue weighted by atomic mass is 10.2. The van der Waals surface area contributed by atoms with Crippen molar-refractivity contribution in [1.29, 1.82) is 0 Å². The van der Waals surface area contributed by atoms with Crippen LogP contribution >= 0.6 is 11.3 Å². The fraction of sp³-hybridized carbons (Fsp3) is 0.176. The molecule has 0 aliphatic rings. The van der Waals surface area contributed by atoms with E-state index in [9.17, 15) is 14.7 Å². The van der Waals surface area contributed by atoms with Gasteiger partial charge in [0, 0.05) is 12.2 Å². The second kappa shape index (κ2) is 7.89. The number of aliphatic hydroxyl groups excluding tert-OH is 1. The topological polar surface area (TPSA) is 109 Å². The predicted molar refractivity (Wildman–Crippen MR) is 97.6 cm³/mol. The van der Waals surface area contributed by atoms with E-state index in [1.165, 1.54) is 6.33 Å². The third kappa shape index (κ3) is 4.32. The second-order valence-corrected chi connectivity index (χ2v) is 6.65. The molecule has 3 rings (SSSR count). The molecule has 0 aliphatic heterocycles. The van der Waals surface area contributed by atoms with Gasteiger partial charge in [0.1, 0.15) is 12.7 Å². The summed E-state index contributed by atoms with van der Waals surface area (Å²) in [4.78, 5) is 29.0. The molecule has 2 heterocycles. The molecule has 0 fully saturated rings. The second-order valence-electron chi connectivity index (χ2n) is 5.56. The van der Waals surface area contributed by atoms with E-state index in [1.807, 2.05) is 12.1 Å². The van der Waals surface area contributed by atoms with Crippen LogP contribution in [0.4, 0.5) is 5.69 Å². The average molecular weight is 371 g/mol. The summed E-state index contributed by atoms with van der Waals surface area (Å²) in [5.74, 6) is -0.606. The summed E-state index contributed by atoms with van der Waals surface area (Å²) < 4.78 is 1.61. The Morgan fingerprint density at radius 3 is 2.46 bits per heavy atom. The fourth-order valence-electron chi connectivity index (χ4n) is 2.14. The highest BCUT2D eigenvalue weighted by Crippen LogP contribution is 2.19. The van der Waals surface area contributed by atoms with Crippen LogP contribution in [0.5, 0.6) is 0 Å². The van der Waals surface area contributed by atoms with Gasteiger partial charge in [-0.2, -0.15) is 5.10 Å². The van der Waals surface area contributed by atoms with Crippen LogP contribution in [0, 0.1) is 0 Å². The Balaban J connectivity index is 1.62. The third-order valence-corrected chi connectivity index (χ3v) is 4.50. The maximum Gasteiger partial charge on any atom is 0.265 e. The standard InChI is InChI=1S/C17H17N5O3S/c1-11(23)8-19-16(24)14-6-7-15(26-14)17(25)21-12-2-4-13(5-3-12)22-10-18-9-20-22/h2-7,9-11,23H,8H2,1H3,(H,19,24)(H,21,25)/t11-/m0/s1. The summed E-state index contributed by atoms with van der Waals surface area (Å²) in [5.41, 5.74) is 1.46. The van der Waals surface area contributed by atoms with Gasteiger partial charge in [-0.15, -0.1) is 11.3 Å². The van der Waals surface area contributed by atoms with Crippen LogP contribution in [0.3, 0.4) is 0 Å². The van der Waals surface area contributed by atoms with E-state index in [2.05, 4.69) is 20.7 Å². The number of carbonyl (C=O) groups is 2. The molecule has 0 saturated carbocycles. The largest absolute Gasteiger partial charge is 0.392 e. The van der Waals surface area contributed by atoms with Crippen LogP contribution in [0.2, 0.25) is 0 Å². The molecule has 0 bridgehead atoms. The van der Waals surface area contributed by atoms with Gasteiger partial charge in [0.05, 0.1) is 21.5 Å². The zero-order valence-corrected chi connectivity index (χ0v) is 14.7. The zero-order chi connectivity index (χ0) is 18.5. The Labute approximate surface area is 153 Å². The maximum atomic E-state index is 12.3. The molecule has 134 valence electrons. The molecule has 0 saturated heterocycles. The molecule has 0 radical (unpaired) electrons. The van der Waals surface area contributed by atoms with Crippen molar-refractivity contribution in [3.05, 3.63) is 58.8 Å². The van der Waals surface area contributed by atoms with Gasteiger partial charge >= 0.3 is 0 Å². The molecule has 2 aromatic heterocycles. The number of aliphatic hydroxyl groups is 1. The van der Waals surface area contributed by atoms with Crippen molar-refractivity contribution in [2.45, 2.75) is 13.0 Å². The number of thiophene rings is 1. The minimum absolute atomic E-state index is 0.163. The Hall–Kier alpha value is -3.04. The van der Waals surface area contributed by atoms with Crippen molar-refractivity contribution in [3.8, 4) is 5.69 Å². The number of nitrogens with one attached hydrogen (secondary N) is 2. The van der Waals surface area contributed by atoms with Crippen molar-refractivity contribution in [3.63, 3.8) is 0 Å². The van der Waals surface area contributed by atoms with Gasteiger partial charge in [0.15, 0.2) is 0 Å². The zero-order valence-electron chi connectivity index (χ0n) is 13.9. The van der Waals surface area contributed by atoms with Gasteiger partial charge in [0.2, 0.25) is 0 Å². The SMILES string of the molecule is C[C@H](O)CNC(=O)c1ccc(C(=O)Nc2ccc(-n3cncn3)cc2)s1. The first kappa shape index (κ1) is 17.8. The summed E-state index contributed by atoms with van der Waals surface area (Å²) in [6.45, 7) is 1.75. The summed E-state index contributed by atoms with van der Waals surface area (Å²) >= 11 is 1.09. The van der Waals surface area contributed by atoms with Gasteiger partial charge in [-0.1, -0.05) is 0 Å². The van der Waals surface area contributed by atoms with E-state index >= 15 is 0 Å². The molecule has 3 aromatic rings. The van der Waals surface area contributed by atoms with E-state index < -0.39 is 6.10 Å². The monoisotopic (exact) mass is 371 g/mol. The highest BCUT2D eigenvalue weighted by Gasteiger charge is 2.14. The Bertz CT molecular complexity index is 888. The number of aromatic nitrogens is 3. The van der Waals surface area contributed by atoms with Gasteiger partial charge in [-0.25, -0.2) is 9.67 Å². The quantitative estimate of drug-likeness (QED) is 0.611. The number of rotatable bonds is 6. The minimum atomic E-state index is -0.623. The maximum absolute atomic E-state index is 12.3. The van der Waals surface area contributed by atoms with Crippen molar-refractivity contribution in [1.82, 2.24) is 20.1 Å². The highest BCUT2D eigenvalue weighted by atomic mass is 32.1. The molecule has 2 amide bonds. The number of amides is 2. The number of carbonyl (C=O) groups excluding carboxylic acids is 2. The number of hydrogen-bond donors (Lipinski definition) is 3. The number of anilines is 1. The number of nitrogens with zero attached hydrogens (tertiary/aromatic N) is 3. The van der Waals surface area contributed by atoms with Crippen LogP contribution in [0.25, 0.3) is 5.69 Å². The van der Waals surface area contributed by atoms with Crippen molar-refractivity contribution < 1.29 is 14.7 Å². The van der Waals surface area contributed by atoms with Crippen LogP contribution in [-0.2, 0) is 0 Å². The van der Waals surface area contributed by atoms with Crippen LogP contribution < -0.4 is 10.6 Å². The Kier molecular flexibility index (Phi) is 5.40. The Morgan fingerprint density at radius 1 is 1.15 bits per heavy atom. The molecule has 0 aliphatic carbocycles. The molecule has 9 heteroatoms. The lowest BCUT2D eigenvalue weighted by molar-refractivity contribution is 0.0927. The molecular weight excluding hydrogens is 354 g/mol. The van der Waals surface area contributed by atoms with Gasteiger partial charge in [0.25, 0.3) is 11.8 Å². The van der Waals surface area contributed by atoms with E-state index in [1.54, 1.807) is 42.2 Å². The Morgan fingerprint density at radius 2 is 1.85 bits per heavy atom. The van der Waals surface area contributed by atoms with Crippen molar-refractivity contribution in [2.24, 2.45) is 0 Å². The van der Waals surface area contributed by atoms with Crippen molar-refractivity contribution in [2.75, 3.05) is 11.9 Å². The van der Waals surface area contributed by atoms with Crippen LogP contribution in [0.1, 0.15) is 26.3 Å². The van der Waals surface area contributed by atoms with Gasteiger partial charge in [-0.3, -0.25) is 9.59 Å². The first-order valence-electron chi connectivity index (χ1n) is 7.85. The van der Waals surface area contributed by atoms with Crippen LogP contribution in [-0.4, -0.2) is 44.3 Å². The molecule has 0 spiro atoms. The smallest absolute Gasteiger partial charge is 0.265 e. The average Bonchev–Trinajstić information content (AvgIpc) is 3.32. The number of hydrogen-bond acceptors (Lipinski definition) is 6. The molecule has 3 N–H and O–H groups in total. The van der Waals surface area contributed by atoms with E-state index in [0.29, 0.717) is 15.4 Å². The molecule has 8 nitrogen and oxygen atoms in total. The molecule has 1 aromatic carbocycles. The summed E-state index contributed by atoms with van der Waals surface area (Å²) in [5, 5.41) is 18.6. The summed E-state index contributed by atoms with van der Waals surface area (Å²) in [6, 6.07) is 10.3. The van der Waals surface area contributed by atoms with Crippen LogP contribution in [0.15, 0.2) is 49.1 Å². The number of benzene rings is 1. The van der Waals surface area contributed by atoms with E-state index in [4.69, 9.17) is 0 Å². The van der Waals surface area contributed by atoms with Gasteiger partial charge in [-0.05, 0) is 43.3 Å². The van der Waals surface area contributed by atoms with Crippen molar-refractivity contribution >= 4 is 28.8 Å². The normalized spacial score (nSPS) is 11.8. The predicted octanol–water partition coefficient (Wildman–Crippen LogP) is 1.69. The lowest BCUT2D eigenvalue weighted by Gasteiger charge is -2.06. The third-order valence-electron chi connectivity index (χ3n) is 3.42. The fourth-order valence-corrected chi connectivity index (χ4v) is 2.96. The molecule has 26 heavy (non-hydrogen) atoms. The molecule has 0 unspecified atom stereocenters. The lowest BCUT2D eigenvalue weighted by Crippen LogP contribution is -2.29. The summed E-state index contributed by atoms with van der Waals surface area (Å²) in [6.07, 6.45) is 2.41. The summed E-state index contributed by atoms with van der Waals surface area (Å²) in [7, 11) is 0. The van der Waals surface area contributed by atoms with Gasteiger partial charge < -0.3 is 15.7 Å². The first-order chi connectivity index (χ1) is 12.5. The minimum Gasteiger partial charge on any atom is -0.392 e. The first-order valence-corrected chi connectivity index (χ1v) is 8.67. The molecule has 1 atom stereocenters. The highest BCUT2D eigenvalue weighted by molar-refractivity contribution is 7.16. The van der Waals surface area contributed by atoms with E-state index in [0.717, 1.165) is 17.0 Å². The molecular formula is C17H17N5O3S. The van der Waals surface area contributed by atoms with E-state index in [-0.39, 0.29) is 18.4 Å².